The van der Waals surface area contributed by atoms with Crippen LogP contribution in [0.5, 0.6) is 0 Å². The van der Waals surface area contributed by atoms with E-state index in [0.717, 1.165) is 4.70 Å². The molecule has 0 aromatic carbocycles. The zero-order valence-corrected chi connectivity index (χ0v) is 8.89. The standard InChI is InChI=1S/C10H9NO3S/c1-2-14-10(13)7-5-8-6(3-4-15-8)9(12)11-7/h3-5H,2H2,1H3,(H,11,12). The number of ether oxygens (including phenoxy) is 1. The maximum Gasteiger partial charge on any atom is 0.354 e. The highest BCUT2D eigenvalue weighted by Crippen LogP contribution is 2.17. The average molecular weight is 223 g/mol. The van der Waals surface area contributed by atoms with Gasteiger partial charge in [-0.3, -0.25) is 4.79 Å². The summed E-state index contributed by atoms with van der Waals surface area (Å²) in [5.41, 5.74) is -0.0476. The molecule has 0 radical (unpaired) electrons. The van der Waals surface area contributed by atoms with Crippen molar-refractivity contribution < 1.29 is 9.53 Å². The SMILES string of the molecule is CCOC(=O)c1cc2sccc2c(=O)[nH]1. The Labute approximate surface area is 89.5 Å². The maximum atomic E-state index is 11.5. The quantitative estimate of drug-likeness (QED) is 0.789. The van der Waals surface area contributed by atoms with Crippen molar-refractivity contribution in [2.24, 2.45) is 0 Å². The lowest BCUT2D eigenvalue weighted by Crippen LogP contribution is -2.14. The van der Waals surface area contributed by atoms with Crippen molar-refractivity contribution in [3.63, 3.8) is 0 Å². The molecule has 0 unspecified atom stereocenters. The Morgan fingerprint density at radius 2 is 2.40 bits per heavy atom. The van der Waals surface area contributed by atoms with Gasteiger partial charge in [0.2, 0.25) is 0 Å². The highest BCUT2D eigenvalue weighted by molar-refractivity contribution is 7.17. The molecule has 4 nitrogen and oxygen atoms in total. The third kappa shape index (κ3) is 1.78. The monoisotopic (exact) mass is 223 g/mol. The molecule has 0 saturated carbocycles. The van der Waals surface area contributed by atoms with E-state index in [4.69, 9.17) is 4.74 Å². The van der Waals surface area contributed by atoms with Crippen molar-refractivity contribution in [3.8, 4) is 0 Å². The summed E-state index contributed by atoms with van der Waals surface area (Å²) in [6, 6.07) is 3.37. The summed E-state index contributed by atoms with van der Waals surface area (Å²) in [6.07, 6.45) is 0. The van der Waals surface area contributed by atoms with Gasteiger partial charge in [-0.15, -0.1) is 11.3 Å². The van der Waals surface area contributed by atoms with E-state index in [-0.39, 0.29) is 11.3 Å². The summed E-state index contributed by atoms with van der Waals surface area (Å²) in [4.78, 5) is 25.4. The van der Waals surface area contributed by atoms with Crippen molar-refractivity contribution in [2.75, 3.05) is 6.61 Å². The van der Waals surface area contributed by atoms with E-state index in [1.807, 2.05) is 5.38 Å². The smallest absolute Gasteiger partial charge is 0.354 e. The zero-order valence-electron chi connectivity index (χ0n) is 8.07. The third-order valence-corrected chi connectivity index (χ3v) is 2.82. The van der Waals surface area contributed by atoms with Crippen molar-refractivity contribution in [1.29, 1.82) is 0 Å². The fourth-order valence-corrected chi connectivity index (χ4v) is 2.12. The molecule has 1 N–H and O–H groups in total. The molecule has 2 heterocycles. The maximum absolute atomic E-state index is 11.5. The lowest BCUT2D eigenvalue weighted by molar-refractivity contribution is 0.0519. The van der Waals surface area contributed by atoms with Crippen molar-refractivity contribution in [1.82, 2.24) is 4.98 Å². The second kappa shape index (κ2) is 3.86. The number of H-pyrrole nitrogens is 1. The molecule has 78 valence electrons. The molecule has 15 heavy (non-hydrogen) atoms. The van der Waals surface area contributed by atoms with Gasteiger partial charge in [-0.25, -0.2) is 4.79 Å². The van der Waals surface area contributed by atoms with Crippen LogP contribution in [-0.4, -0.2) is 17.6 Å². The van der Waals surface area contributed by atoms with Gasteiger partial charge in [0.05, 0.1) is 12.0 Å². The molecule has 5 heteroatoms. The van der Waals surface area contributed by atoms with E-state index in [2.05, 4.69) is 4.98 Å². The van der Waals surface area contributed by atoms with Crippen LogP contribution in [0.3, 0.4) is 0 Å². The van der Waals surface area contributed by atoms with Gasteiger partial charge < -0.3 is 9.72 Å². The predicted octanol–water partition coefficient (Wildman–Crippen LogP) is 1.77. The highest BCUT2D eigenvalue weighted by atomic mass is 32.1. The molecule has 2 aromatic heterocycles. The number of pyridine rings is 1. The number of aromatic nitrogens is 1. The Hall–Kier alpha value is -1.62. The van der Waals surface area contributed by atoms with E-state index >= 15 is 0 Å². The molecule has 2 rings (SSSR count). The first kappa shape index (κ1) is 9.92. The van der Waals surface area contributed by atoms with Gasteiger partial charge in [0.15, 0.2) is 0 Å². The number of thiophene rings is 1. The van der Waals surface area contributed by atoms with Gasteiger partial charge in [-0.1, -0.05) is 0 Å². The normalized spacial score (nSPS) is 10.5. The average Bonchev–Trinajstić information content (AvgIpc) is 2.66. The molecule has 0 aliphatic heterocycles. The zero-order chi connectivity index (χ0) is 10.8. The summed E-state index contributed by atoms with van der Waals surface area (Å²) in [7, 11) is 0. The molecule has 0 fully saturated rings. The van der Waals surface area contributed by atoms with Crippen LogP contribution in [0.4, 0.5) is 0 Å². The predicted molar refractivity (Wildman–Crippen MR) is 58.4 cm³/mol. The van der Waals surface area contributed by atoms with Crippen LogP contribution >= 0.6 is 11.3 Å². The first-order valence-electron chi connectivity index (χ1n) is 4.50. The fraction of sp³-hybridized carbons (Fsp3) is 0.200. The number of rotatable bonds is 2. The van der Waals surface area contributed by atoms with Crippen LogP contribution in [0.1, 0.15) is 17.4 Å². The van der Waals surface area contributed by atoms with Gasteiger partial charge in [-0.05, 0) is 24.4 Å². The first-order valence-corrected chi connectivity index (χ1v) is 5.38. The van der Waals surface area contributed by atoms with E-state index < -0.39 is 5.97 Å². The molecule has 0 spiro atoms. The van der Waals surface area contributed by atoms with Crippen LogP contribution in [0.15, 0.2) is 22.3 Å². The summed E-state index contributed by atoms with van der Waals surface area (Å²) in [5.74, 6) is -0.495. The molecule has 0 saturated heterocycles. The van der Waals surface area contributed by atoms with Gasteiger partial charge in [0.1, 0.15) is 5.69 Å². The Morgan fingerprint density at radius 1 is 1.60 bits per heavy atom. The molecular weight excluding hydrogens is 214 g/mol. The van der Waals surface area contributed by atoms with Crippen molar-refractivity contribution in [3.05, 3.63) is 33.6 Å². The third-order valence-electron chi connectivity index (χ3n) is 1.96. The first-order chi connectivity index (χ1) is 7.22. The topological polar surface area (TPSA) is 59.2 Å². The fourth-order valence-electron chi connectivity index (χ4n) is 1.30. The molecule has 0 bridgehead atoms. The van der Waals surface area contributed by atoms with E-state index in [1.54, 1.807) is 19.1 Å². The molecule has 0 aliphatic carbocycles. The summed E-state index contributed by atoms with van der Waals surface area (Å²) in [6.45, 7) is 2.02. The number of nitrogens with one attached hydrogen (secondary N) is 1. The molecule has 0 aliphatic rings. The van der Waals surface area contributed by atoms with Crippen LogP contribution in [0, 0.1) is 0 Å². The second-order valence-electron chi connectivity index (χ2n) is 2.93. The number of fused-ring (bicyclic) bond motifs is 1. The van der Waals surface area contributed by atoms with Crippen LogP contribution < -0.4 is 5.56 Å². The molecule has 0 amide bonds. The summed E-state index contributed by atoms with van der Waals surface area (Å²) < 4.78 is 5.60. The Morgan fingerprint density at radius 3 is 3.13 bits per heavy atom. The minimum Gasteiger partial charge on any atom is -0.461 e. The molecular formula is C10H9NO3S. The Kier molecular flexibility index (Phi) is 2.55. The van der Waals surface area contributed by atoms with E-state index in [0.29, 0.717) is 12.0 Å². The lowest BCUT2D eigenvalue weighted by Gasteiger charge is -2.00. The van der Waals surface area contributed by atoms with Crippen molar-refractivity contribution >= 4 is 27.4 Å². The second-order valence-corrected chi connectivity index (χ2v) is 3.88. The van der Waals surface area contributed by atoms with Gasteiger partial charge in [-0.2, -0.15) is 0 Å². The largest absolute Gasteiger partial charge is 0.461 e. The minimum atomic E-state index is -0.495. The number of carbonyl (C=O) groups is 1. The van der Waals surface area contributed by atoms with E-state index in [1.165, 1.54) is 11.3 Å². The van der Waals surface area contributed by atoms with Gasteiger partial charge >= 0.3 is 5.97 Å². The lowest BCUT2D eigenvalue weighted by atomic mass is 10.3. The number of esters is 1. The number of aromatic amines is 1. The Bertz CT molecular complexity index is 555. The summed E-state index contributed by atoms with van der Waals surface area (Å²) >= 11 is 1.42. The highest BCUT2D eigenvalue weighted by Gasteiger charge is 2.10. The minimum absolute atomic E-state index is 0.205. The number of carbonyl (C=O) groups excluding carboxylic acids is 1. The van der Waals surface area contributed by atoms with Crippen LogP contribution in [0.25, 0.3) is 10.1 Å². The van der Waals surface area contributed by atoms with Gasteiger partial charge in [0, 0.05) is 4.70 Å². The van der Waals surface area contributed by atoms with Gasteiger partial charge in [0.25, 0.3) is 5.56 Å². The number of hydrogen-bond donors (Lipinski definition) is 1. The molecule has 2 aromatic rings. The van der Waals surface area contributed by atoms with Crippen LogP contribution in [0.2, 0.25) is 0 Å². The molecule has 0 atom stereocenters. The van der Waals surface area contributed by atoms with Crippen LogP contribution in [-0.2, 0) is 4.74 Å². The number of hydrogen-bond acceptors (Lipinski definition) is 4. The van der Waals surface area contributed by atoms with Crippen molar-refractivity contribution in [2.45, 2.75) is 6.92 Å². The Balaban J connectivity index is 2.54. The van der Waals surface area contributed by atoms with E-state index in [9.17, 15) is 9.59 Å². The summed E-state index contributed by atoms with van der Waals surface area (Å²) in [5, 5.41) is 2.42.